The summed E-state index contributed by atoms with van der Waals surface area (Å²) in [5.41, 5.74) is 2.72. The third-order valence-electron chi connectivity index (χ3n) is 2.98. The van der Waals surface area contributed by atoms with Crippen molar-refractivity contribution < 1.29 is 0 Å². The first kappa shape index (κ1) is 12.8. The molecule has 0 aliphatic rings. The molecule has 0 atom stereocenters. The van der Waals surface area contributed by atoms with Crippen LogP contribution in [0.5, 0.6) is 0 Å². The number of aryl methyl sites for hydroxylation is 1. The Morgan fingerprint density at radius 2 is 1.67 bits per heavy atom. The maximum atomic E-state index is 4.12. The first-order chi connectivity index (χ1) is 8.95. The molecule has 0 amide bonds. The SMILES string of the molecule is c1ccc(CCNCCCc2cccnc2)cc1. The normalized spacial score (nSPS) is 10.4. The van der Waals surface area contributed by atoms with Crippen LogP contribution in [-0.4, -0.2) is 18.1 Å². The largest absolute Gasteiger partial charge is 0.316 e. The molecule has 2 rings (SSSR count). The second-order valence-corrected chi connectivity index (χ2v) is 4.45. The lowest BCUT2D eigenvalue weighted by molar-refractivity contribution is 0.647. The molecule has 2 aromatic rings. The highest BCUT2D eigenvalue weighted by molar-refractivity contribution is 5.14. The average molecular weight is 240 g/mol. The van der Waals surface area contributed by atoms with Crippen molar-refractivity contribution in [1.82, 2.24) is 10.3 Å². The van der Waals surface area contributed by atoms with Gasteiger partial charge in [0.15, 0.2) is 0 Å². The van der Waals surface area contributed by atoms with Crippen LogP contribution in [0.15, 0.2) is 54.9 Å². The van der Waals surface area contributed by atoms with Gasteiger partial charge in [0.2, 0.25) is 0 Å². The van der Waals surface area contributed by atoms with Gasteiger partial charge in [-0.2, -0.15) is 0 Å². The molecule has 0 fully saturated rings. The number of pyridine rings is 1. The van der Waals surface area contributed by atoms with Gasteiger partial charge in [-0.25, -0.2) is 0 Å². The Morgan fingerprint density at radius 3 is 2.44 bits per heavy atom. The second-order valence-electron chi connectivity index (χ2n) is 4.45. The Hall–Kier alpha value is -1.67. The lowest BCUT2D eigenvalue weighted by Gasteiger charge is -2.05. The van der Waals surface area contributed by atoms with Crippen molar-refractivity contribution >= 4 is 0 Å². The Labute approximate surface area is 109 Å². The van der Waals surface area contributed by atoms with E-state index in [1.54, 1.807) is 0 Å². The average Bonchev–Trinajstić information content (AvgIpc) is 2.45. The van der Waals surface area contributed by atoms with E-state index in [0.717, 1.165) is 25.9 Å². The van der Waals surface area contributed by atoms with Crippen LogP contribution in [0, 0.1) is 0 Å². The highest BCUT2D eigenvalue weighted by atomic mass is 14.8. The van der Waals surface area contributed by atoms with Gasteiger partial charge in [0, 0.05) is 12.4 Å². The second kappa shape index (κ2) is 7.62. The molecule has 0 aliphatic carbocycles. The van der Waals surface area contributed by atoms with Crippen molar-refractivity contribution in [3.05, 3.63) is 66.0 Å². The summed E-state index contributed by atoms with van der Waals surface area (Å²) >= 11 is 0. The minimum atomic E-state index is 1.05. The molecule has 0 radical (unpaired) electrons. The summed E-state index contributed by atoms with van der Waals surface area (Å²) in [6, 6.07) is 14.7. The van der Waals surface area contributed by atoms with Crippen molar-refractivity contribution in [1.29, 1.82) is 0 Å². The molecule has 0 unspecified atom stereocenters. The molecule has 2 heteroatoms. The maximum Gasteiger partial charge on any atom is 0.0299 e. The fourth-order valence-corrected chi connectivity index (χ4v) is 1.97. The monoisotopic (exact) mass is 240 g/mol. The van der Waals surface area contributed by atoms with Gasteiger partial charge in [-0.05, 0) is 49.5 Å². The zero-order valence-corrected chi connectivity index (χ0v) is 10.7. The zero-order valence-electron chi connectivity index (χ0n) is 10.7. The minimum absolute atomic E-state index is 1.05. The number of benzene rings is 1. The first-order valence-electron chi connectivity index (χ1n) is 6.59. The number of hydrogen-bond acceptors (Lipinski definition) is 2. The fourth-order valence-electron chi connectivity index (χ4n) is 1.97. The summed E-state index contributed by atoms with van der Waals surface area (Å²) in [6.45, 7) is 2.12. The van der Waals surface area contributed by atoms with Crippen LogP contribution in [0.25, 0.3) is 0 Å². The molecule has 0 aliphatic heterocycles. The molecule has 0 saturated heterocycles. The predicted molar refractivity (Wildman–Crippen MR) is 75.6 cm³/mol. The molecular formula is C16H20N2. The first-order valence-corrected chi connectivity index (χ1v) is 6.59. The molecule has 1 aromatic carbocycles. The fraction of sp³-hybridized carbons (Fsp3) is 0.312. The Bertz CT molecular complexity index is 382. The van der Waals surface area contributed by atoms with Crippen LogP contribution in [-0.2, 0) is 12.8 Å². The standard InChI is InChI=1S/C16H20N2/c1-2-6-15(7-3-1)10-13-17-11-4-8-16-9-5-12-18-14-16/h1-3,5-7,9,12,14,17H,4,8,10-11,13H2. The molecule has 2 nitrogen and oxygen atoms in total. The highest BCUT2D eigenvalue weighted by Gasteiger charge is 1.94. The molecule has 94 valence electrons. The van der Waals surface area contributed by atoms with Crippen LogP contribution >= 0.6 is 0 Å². The van der Waals surface area contributed by atoms with Gasteiger partial charge in [0.05, 0.1) is 0 Å². The molecule has 1 heterocycles. The summed E-state index contributed by atoms with van der Waals surface area (Å²) in [6.07, 6.45) is 7.14. The van der Waals surface area contributed by atoms with E-state index in [4.69, 9.17) is 0 Å². The molecule has 0 saturated carbocycles. The van der Waals surface area contributed by atoms with E-state index in [0.29, 0.717) is 0 Å². The molecule has 1 N–H and O–H groups in total. The number of rotatable bonds is 7. The van der Waals surface area contributed by atoms with E-state index in [1.807, 2.05) is 18.5 Å². The third kappa shape index (κ3) is 4.68. The Morgan fingerprint density at radius 1 is 0.833 bits per heavy atom. The van der Waals surface area contributed by atoms with Gasteiger partial charge in [-0.15, -0.1) is 0 Å². The summed E-state index contributed by atoms with van der Waals surface area (Å²) in [5.74, 6) is 0. The minimum Gasteiger partial charge on any atom is -0.316 e. The number of nitrogens with one attached hydrogen (secondary N) is 1. The van der Waals surface area contributed by atoms with E-state index in [9.17, 15) is 0 Å². The number of nitrogens with zero attached hydrogens (tertiary/aromatic N) is 1. The van der Waals surface area contributed by atoms with E-state index < -0.39 is 0 Å². The van der Waals surface area contributed by atoms with Crippen LogP contribution in [0.2, 0.25) is 0 Å². The molecule has 1 aromatic heterocycles. The smallest absolute Gasteiger partial charge is 0.0299 e. The molecular weight excluding hydrogens is 220 g/mol. The predicted octanol–water partition coefficient (Wildman–Crippen LogP) is 2.85. The van der Waals surface area contributed by atoms with Gasteiger partial charge in [-0.3, -0.25) is 4.98 Å². The van der Waals surface area contributed by atoms with Crippen molar-refractivity contribution in [2.75, 3.05) is 13.1 Å². The molecule has 0 spiro atoms. The van der Waals surface area contributed by atoms with Gasteiger partial charge in [-0.1, -0.05) is 36.4 Å². The lowest BCUT2D eigenvalue weighted by atomic mass is 10.1. The Kier molecular flexibility index (Phi) is 5.41. The number of aromatic nitrogens is 1. The molecule has 0 bridgehead atoms. The maximum absolute atomic E-state index is 4.12. The summed E-state index contributed by atoms with van der Waals surface area (Å²) in [7, 11) is 0. The van der Waals surface area contributed by atoms with Crippen LogP contribution in [0.1, 0.15) is 17.5 Å². The van der Waals surface area contributed by atoms with Crippen molar-refractivity contribution in [2.45, 2.75) is 19.3 Å². The highest BCUT2D eigenvalue weighted by Crippen LogP contribution is 2.00. The summed E-state index contributed by atoms with van der Waals surface area (Å²) in [5, 5.41) is 3.48. The van der Waals surface area contributed by atoms with Crippen LogP contribution in [0.4, 0.5) is 0 Å². The molecule has 18 heavy (non-hydrogen) atoms. The van der Waals surface area contributed by atoms with E-state index in [2.05, 4.69) is 46.7 Å². The third-order valence-corrected chi connectivity index (χ3v) is 2.98. The van der Waals surface area contributed by atoms with Crippen molar-refractivity contribution in [3.63, 3.8) is 0 Å². The van der Waals surface area contributed by atoms with E-state index in [-0.39, 0.29) is 0 Å². The van der Waals surface area contributed by atoms with Gasteiger partial charge < -0.3 is 5.32 Å². The van der Waals surface area contributed by atoms with Crippen molar-refractivity contribution in [2.24, 2.45) is 0 Å². The van der Waals surface area contributed by atoms with Crippen LogP contribution < -0.4 is 5.32 Å². The summed E-state index contributed by atoms with van der Waals surface area (Å²) in [4.78, 5) is 4.12. The van der Waals surface area contributed by atoms with E-state index in [1.165, 1.54) is 17.5 Å². The van der Waals surface area contributed by atoms with Gasteiger partial charge >= 0.3 is 0 Å². The number of hydrogen-bond donors (Lipinski definition) is 1. The van der Waals surface area contributed by atoms with E-state index >= 15 is 0 Å². The summed E-state index contributed by atoms with van der Waals surface area (Å²) < 4.78 is 0. The lowest BCUT2D eigenvalue weighted by Crippen LogP contribution is -2.18. The Balaban J connectivity index is 1.54. The van der Waals surface area contributed by atoms with Gasteiger partial charge in [0.25, 0.3) is 0 Å². The topological polar surface area (TPSA) is 24.9 Å². The zero-order chi connectivity index (χ0) is 12.5. The van der Waals surface area contributed by atoms with Crippen molar-refractivity contribution in [3.8, 4) is 0 Å². The van der Waals surface area contributed by atoms with Crippen LogP contribution in [0.3, 0.4) is 0 Å². The van der Waals surface area contributed by atoms with Gasteiger partial charge in [0.1, 0.15) is 0 Å². The quantitative estimate of drug-likeness (QED) is 0.753.